The number of aliphatic hydroxyl groups excluding tert-OH is 1. The Hall–Kier alpha value is -1.94. The van der Waals surface area contributed by atoms with Crippen LogP contribution in [0.1, 0.15) is 439 Å². The van der Waals surface area contributed by atoms with Gasteiger partial charge in [0, 0.05) is 25.7 Å². The smallest absolute Gasteiger partial charge is 0.462 e. The molecule has 5 atom stereocenters. The molecule has 0 aliphatic rings. The summed E-state index contributed by atoms with van der Waals surface area (Å²) >= 11 is 0. The van der Waals surface area contributed by atoms with Gasteiger partial charge in [-0.3, -0.25) is 37.3 Å². The van der Waals surface area contributed by atoms with Gasteiger partial charge in [-0.15, -0.1) is 0 Å². The summed E-state index contributed by atoms with van der Waals surface area (Å²) in [6, 6.07) is 0. The number of unbranched alkanes of at least 4 members (excludes halogenated alkanes) is 54. The number of rotatable bonds is 82. The number of hydrogen-bond acceptors (Lipinski definition) is 15. The molecular weight excluding hydrogens is 1320 g/mol. The van der Waals surface area contributed by atoms with E-state index in [9.17, 15) is 43.2 Å². The van der Waals surface area contributed by atoms with Crippen LogP contribution >= 0.6 is 15.6 Å². The minimum Gasteiger partial charge on any atom is -0.462 e. The second-order valence-corrected chi connectivity index (χ2v) is 32.9. The van der Waals surface area contributed by atoms with Gasteiger partial charge < -0.3 is 33.8 Å². The first-order valence-corrected chi connectivity index (χ1v) is 45.6. The monoisotopic (exact) mass is 1480 g/mol. The Morgan fingerprint density at radius 1 is 0.267 bits per heavy atom. The second-order valence-electron chi connectivity index (χ2n) is 30.0. The maximum Gasteiger partial charge on any atom is 0.472 e. The molecule has 2 unspecified atom stereocenters. The molecule has 0 heterocycles. The summed E-state index contributed by atoms with van der Waals surface area (Å²) in [5, 5.41) is 10.6. The molecule has 17 nitrogen and oxygen atoms in total. The lowest BCUT2D eigenvalue weighted by atomic mass is 10.0. The Labute approximate surface area is 619 Å². The van der Waals surface area contributed by atoms with Gasteiger partial charge in [0.2, 0.25) is 0 Å². The van der Waals surface area contributed by atoms with Crippen molar-refractivity contribution in [1.29, 1.82) is 0 Å². The second kappa shape index (κ2) is 74.9. The van der Waals surface area contributed by atoms with E-state index in [1.54, 1.807) is 0 Å². The van der Waals surface area contributed by atoms with Crippen LogP contribution in [0.15, 0.2) is 0 Å². The zero-order valence-corrected chi connectivity index (χ0v) is 67.8. The third kappa shape index (κ3) is 76.1. The molecule has 0 rings (SSSR count). The van der Waals surface area contributed by atoms with Gasteiger partial charge >= 0.3 is 39.5 Å². The highest BCUT2D eigenvalue weighted by molar-refractivity contribution is 7.47. The molecule has 0 spiro atoms. The molecule has 0 bridgehead atoms. The topological polar surface area (TPSA) is 237 Å². The molecule has 0 aliphatic heterocycles. The van der Waals surface area contributed by atoms with Crippen LogP contribution in [-0.2, 0) is 65.4 Å². The number of carbonyl (C=O) groups is 4. The maximum absolute atomic E-state index is 13.1. The number of phosphoric acid groups is 2. The summed E-state index contributed by atoms with van der Waals surface area (Å²) in [7, 11) is -9.92. The van der Waals surface area contributed by atoms with Crippen molar-refractivity contribution in [3.8, 4) is 0 Å². The van der Waals surface area contributed by atoms with Gasteiger partial charge in [0.05, 0.1) is 26.4 Å². The van der Waals surface area contributed by atoms with Crippen LogP contribution in [0.25, 0.3) is 0 Å². The summed E-state index contributed by atoms with van der Waals surface area (Å²) in [6.45, 7) is 7.34. The molecule has 0 saturated carbocycles. The first-order valence-electron chi connectivity index (χ1n) is 42.6. The fourth-order valence-electron chi connectivity index (χ4n) is 12.8. The quantitative estimate of drug-likeness (QED) is 0.0222. The van der Waals surface area contributed by atoms with Crippen LogP contribution in [0, 0.1) is 5.92 Å². The molecule has 0 aliphatic carbocycles. The predicted molar refractivity (Wildman–Crippen MR) is 414 cm³/mol. The van der Waals surface area contributed by atoms with Gasteiger partial charge in [0.15, 0.2) is 12.2 Å². The van der Waals surface area contributed by atoms with Crippen molar-refractivity contribution < 1.29 is 80.2 Å². The lowest BCUT2D eigenvalue weighted by Gasteiger charge is -2.21. The lowest BCUT2D eigenvalue weighted by molar-refractivity contribution is -0.161. The summed E-state index contributed by atoms with van der Waals surface area (Å²) in [5.74, 6) is -1.30. The largest absolute Gasteiger partial charge is 0.472 e. The average Bonchev–Trinajstić information content (AvgIpc) is 1.77. The fourth-order valence-corrected chi connectivity index (χ4v) is 14.3. The van der Waals surface area contributed by atoms with Crippen molar-refractivity contribution in [2.24, 2.45) is 5.92 Å². The van der Waals surface area contributed by atoms with Gasteiger partial charge in [-0.25, -0.2) is 9.13 Å². The number of aliphatic hydroxyl groups is 1. The van der Waals surface area contributed by atoms with Crippen LogP contribution in [0.4, 0.5) is 0 Å². The predicted octanol–water partition coefficient (Wildman–Crippen LogP) is 24.8. The van der Waals surface area contributed by atoms with E-state index < -0.39 is 97.5 Å². The highest BCUT2D eigenvalue weighted by Gasteiger charge is 2.30. The van der Waals surface area contributed by atoms with Crippen molar-refractivity contribution in [3.05, 3.63) is 0 Å². The Morgan fingerprint density at radius 3 is 0.673 bits per heavy atom. The molecule has 19 heteroatoms. The Morgan fingerprint density at radius 2 is 0.455 bits per heavy atom. The van der Waals surface area contributed by atoms with Crippen LogP contribution in [0.5, 0.6) is 0 Å². The van der Waals surface area contributed by atoms with E-state index in [0.29, 0.717) is 25.7 Å². The molecule has 600 valence electrons. The molecule has 0 fully saturated rings. The highest BCUT2D eigenvalue weighted by Crippen LogP contribution is 2.45. The molecule has 0 aromatic carbocycles. The summed E-state index contributed by atoms with van der Waals surface area (Å²) in [4.78, 5) is 73.0. The third-order valence-corrected chi connectivity index (χ3v) is 21.2. The van der Waals surface area contributed by atoms with Crippen LogP contribution in [-0.4, -0.2) is 96.7 Å². The standard InChI is InChI=1S/C82H160O17P2/c1-6-9-12-15-18-21-23-25-27-29-30-31-35-40-44-48-53-58-63-68-82(87)99-78(72-93-80(85)66-61-56-51-46-42-38-36-32-33-37-41-45-49-54-59-64-75(4)5)74-97-101(90,91)95-70-76(83)69-94-100(88,89)96-73-77(71-92-79(84)65-60-55-50-20-17-14-11-8-3)98-81(86)67-62-57-52-47-43-39-34-28-26-24-22-19-16-13-10-7-2/h75-78,83H,6-74H2,1-5H3,(H,88,89)(H,90,91)/t76-,77+,78+/m0/s1. The first kappa shape index (κ1) is 99.1. The normalized spacial score (nSPS) is 13.8. The van der Waals surface area contributed by atoms with Crippen molar-refractivity contribution in [3.63, 3.8) is 0 Å². The molecule has 0 radical (unpaired) electrons. The molecular formula is C82H160O17P2. The number of esters is 4. The Bertz CT molecular complexity index is 1930. The van der Waals surface area contributed by atoms with E-state index in [-0.39, 0.29) is 25.7 Å². The SMILES string of the molecule is CCCCCCCCCCCCCCCCCCCCCC(=O)O[C@H](COC(=O)CCCCCCCCCCCCCCCCCC(C)C)COP(=O)(O)OC[C@@H](O)COP(=O)(O)OC[C@@H](COC(=O)CCCCCCCCCC)OC(=O)CCCCCCCCCCCCCCCCCC. The van der Waals surface area contributed by atoms with E-state index in [1.165, 1.54) is 263 Å². The minimum atomic E-state index is -4.96. The van der Waals surface area contributed by atoms with Crippen LogP contribution in [0.3, 0.4) is 0 Å². The van der Waals surface area contributed by atoms with Crippen molar-refractivity contribution in [2.45, 2.75) is 457 Å². The van der Waals surface area contributed by atoms with Crippen LogP contribution in [0.2, 0.25) is 0 Å². The van der Waals surface area contributed by atoms with E-state index in [2.05, 4.69) is 34.6 Å². The van der Waals surface area contributed by atoms with E-state index in [1.807, 2.05) is 0 Å². The van der Waals surface area contributed by atoms with Crippen molar-refractivity contribution in [2.75, 3.05) is 39.6 Å². The van der Waals surface area contributed by atoms with Crippen molar-refractivity contribution >= 4 is 39.5 Å². The van der Waals surface area contributed by atoms with E-state index >= 15 is 0 Å². The van der Waals surface area contributed by atoms with Crippen LogP contribution < -0.4 is 0 Å². The fraction of sp³-hybridized carbons (Fsp3) is 0.951. The zero-order chi connectivity index (χ0) is 74.1. The highest BCUT2D eigenvalue weighted by atomic mass is 31.2. The number of ether oxygens (including phenoxy) is 4. The van der Waals surface area contributed by atoms with Gasteiger partial charge in [-0.2, -0.15) is 0 Å². The molecule has 0 aromatic rings. The van der Waals surface area contributed by atoms with Crippen molar-refractivity contribution in [1.82, 2.24) is 0 Å². The molecule has 3 N–H and O–H groups in total. The van der Waals surface area contributed by atoms with Gasteiger partial charge in [0.1, 0.15) is 19.3 Å². The summed E-state index contributed by atoms with van der Waals surface area (Å²) in [5.41, 5.74) is 0. The summed E-state index contributed by atoms with van der Waals surface area (Å²) in [6.07, 6.45) is 66.7. The number of carbonyl (C=O) groups excluding carboxylic acids is 4. The number of hydrogen-bond donors (Lipinski definition) is 3. The third-order valence-electron chi connectivity index (χ3n) is 19.3. The summed E-state index contributed by atoms with van der Waals surface area (Å²) < 4.78 is 68.7. The first-order chi connectivity index (χ1) is 49.0. The molecule has 101 heavy (non-hydrogen) atoms. The van der Waals surface area contributed by atoms with Gasteiger partial charge in [-0.05, 0) is 31.6 Å². The molecule has 0 saturated heterocycles. The Kier molecular flexibility index (Phi) is 73.5. The van der Waals surface area contributed by atoms with Gasteiger partial charge in [-0.1, -0.05) is 388 Å². The minimum absolute atomic E-state index is 0.109. The zero-order valence-electron chi connectivity index (χ0n) is 66.1. The lowest BCUT2D eigenvalue weighted by Crippen LogP contribution is -2.30. The van der Waals surface area contributed by atoms with Gasteiger partial charge in [0.25, 0.3) is 0 Å². The van der Waals surface area contributed by atoms with E-state index in [0.717, 1.165) is 95.8 Å². The average molecular weight is 1480 g/mol. The Balaban J connectivity index is 5.20. The molecule has 0 aromatic heterocycles. The number of phosphoric ester groups is 2. The molecule has 0 amide bonds. The van der Waals surface area contributed by atoms with E-state index in [4.69, 9.17) is 37.0 Å². The maximum atomic E-state index is 13.1.